The molecule has 5 nitrogen and oxygen atoms in total. The maximum atomic E-state index is 4.81. The fourth-order valence-electron chi connectivity index (χ4n) is 2.68. The van der Waals surface area contributed by atoms with E-state index in [1.165, 1.54) is 16.0 Å². The van der Waals surface area contributed by atoms with Crippen LogP contribution in [-0.2, 0) is 20.1 Å². The molecule has 0 fully saturated rings. The SMILES string of the molecule is CCNC(=NCc1sccc1C)N(C)Cc1cn(C)nc1C(C)C.I. The summed E-state index contributed by atoms with van der Waals surface area (Å²) in [5.74, 6) is 1.35. The van der Waals surface area contributed by atoms with Crippen molar-refractivity contribution in [2.24, 2.45) is 12.0 Å². The zero-order valence-electron chi connectivity index (χ0n) is 16.0. The zero-order valence-corrected chi connectivity index (χ0v) is 19.2. The van der Waals surface area contributed by atoms with Gasteiger partial charge in [-0.1, -0.05) is 13.8 Å². The van der Waals surface area contributed by atoms with E-state index in [1.807, 2.05) is 11.7 Å². The minimum Gasteiger partial charge on any atom is -0.357 e. The lowest BCUT2D eigenvalue weighted by atomic mass is 10.1. The number of hydrogen-bond donors (Lipinski definition) is 1. The molecule has 2 aromatic heterocycles. The van der Waals surface area contributed by atoms with Crippen LogP contribution >= 0.6 is 35.3 Å². The number of rotatable bonds is 6. The number of aromatic nitrogens is 2. The summed E-state index contributed by atoms with van der Waals surface area (Å²) in [6.45, 7) is 11.0. The van der Waals surface area contributed by atoms with E-state index >= 15 is 0 Å². The van der Waals surface area contributed by atoms with E-state index in [0.717, 1.165) is 31.3 Å². The Morgan fingerprint density at radius 3 is 2.72 bits per heavy atom. The Morgan fingerprint density at radius 2 is 2.16 bits per heavy atom. The first-order valence-corrected chi connectivity index (χ1v) is 9.35. The third-order valence-corrected chi connectivity index (χ3v) is 4.94. The summed E-state index contributed by atoms with van der Waals surface area (Å²) in [6.07, 6.45) is 2.11. The van der Waals surface area contributed by atoms with E-state index in [-0.39, 0.29) is 24.0 Å². The number of aliphatic imine (C=N–C) groups is 1. The van der Waals surface area contributed by atoms with Crippen LogP contribution in [0.5, 0.6) is 0 Å². The second-order valence-corrected chi connectivity index (χ2v) is 7.42. The van der Waals surface area contributed by atoms with Crippen molar-refractivity contribution in [2.75, 3.05) is 13.6 Å². The summed E-state index contributed by atoms with van der Waals surface area (Å²) >= 11 is 1.77. The molecule has 0 atom stereocenters. The Balaban J connectivity index is 0.00000312. The largest absolute Gasteiger partial charge is 0.357 e. The van der Waals surface area contributed by atoms with Crippen molar-refractivity contribution in [3.8, 4) is 0 Å². The fraction of sp³-hybridized carbons (Fsp3) is 0.556. The van der Waals surface area contributed by atoms with Gasteiger partial charge in [0.2, 0.25) is 0 Å². The zero-order chi connectivity index (χ0) is 17.7. The van der Waals surface area contributed by atoms with Gasteiger partial charge in [0.25, 0.3) is 0 Å². The molecule has 1 N–H and O–H groups in total. The smallest absolute Gasteiger partial charge is 0.194 e. The second-order valence-electron chi connectivity index (χ2n) is 6.42. The van der Waals surface area contributed by atoms with E-state index in [1.54, 1.807) is 11.3 Å². The maximum absolute atomic E-state index is 4.81. The normalized spacial score (nSPS) is 11.6. The lowest BCUT2D eigenvalue weighted by molar-refractivity contribution is 0.473. The molecule has 0 bridgehead atoms. The van der Waals surface area contributed by atoms with Gasteiger partial charge < -0.3 is 10.2 Å². The molecule has 2 aromatic rings. The molecular weight excluding hydrogens is 445 g/mol. The van der Waals surface area contributed by atoms with Gasteiger partial charge in [-0.3, -0.25) is 4.68 Å². The summed E-state index contributed by atoms with van der Waals surface area (Å²) < 4.78 is 1.90. The molecule has 0 amide bonds. The molecule has 0 radical (unpaired) electrons. The monoisotopic (exact) mass is 475 g/mol. The molecule has 25 heavy (non-hydrogen) atoms. The van der Waals surface area contributed by atoms with E-state index in [0.29, 0.717) is 5.92 Å². The van der Waals surface area contributed by atoms with Gasteiger partial charge in [0.1, 0.15) is 0 Å². The van der Waals surface area contributed by atoms with Crippen LogP contribution in [0, 0.1) is 6.92 Å². The second kappa shape index (κ2) is 10.2. The summed E-state index contributed by atoms with van der Waals surface area (Å²) in [5.41, 5.74) is 3.74. The van der Waals surface area contributed by atoms with Gasteiger partial charge in [-0.2, -0.15) is 5.10 Å². The average Bonchev–Trinajstić information content (AvgIpc) is 3.09. The van der Waals surface area contributed by atoms with Crippen molar-refractivity contribution in [2.45, 2.75) is 46.7 Å². The molecule has 2 heterocycles. The predicted octanol–water partition coefficient (Wildman–Crippen LogP) is 4.13. The molecule has 140 valence electrons. The first-order chi connectivity index (χ1) is 11.4. The molecule has 0 unspecified atom stereocenters. The van der Waals surface area contributed by atoms with Crippen LogP contribution in [0.3, 0.4) is 0 Å². The topological polar surface area (TPSA) is 45.5 Å². The number of aryl methyl sites for hydroxylation is 2. The quantitative estimate of drug-likeness (QED) is 0.388. The number of hydrogen-bond acceptors (Lipinski definition) is 3. The van der Waals surface area contributed by atoms with E-state index in [2.05, 4.69) is 67.7 Å². The van der Waals surface area contributed by atoms with Crippen molar-refractivity contribution in [3.63, 3.8) is 0 Å². The summed E-state index contributed by atoms with van der Waals surface area (Å²) in [4.78, 5) is 8.31. The molecule has 0 aliphatic heterocycles. The number of halogens is 1. The third-order valence-electron chi connectivity index (χ3n) is 3.93. The first-order valence-electron chi connectivity index (χ1n) is 8.47. The van der Waals surface area contributed by atoms with Crippen LogP contribution in [0.4, 0.5) is 0 Å². The highest BCUT2D eigenvalue weighted by Gasteiger charge is 2.15. The standard InChI is InChI=1S/C18H29N5S.HI/c1-7-19-18(20-10-16-14(4)8-9-24-16)22(5)11-15-12-23(6)21-17(15)13(2)3;/h8-9,12-13H,7,10-11H2,1-6H3,(H,19,20);1H. The minimum absolute atomic E-state index is 0. The van der Waals surface area contributed by atoms with Crippen LogP contribution in [0.25, 0.3) is 0 Å². The van der Waals surface area contributed by atoms with Gasteiger partial charge in [-0.15, -0.1) is 35.3 Å². The number of nitrogens with one attached hydrogen (secondary N) is 1. The minimum atomic E-state index is 0. The van der Waals surface area contributed by atoms with Crippen LogP contribution < -0.4 is 5.32 Å². The molecule has 0 aromatic carbocycles. The van der Waals surface area contributed by atoms with Crippen molar-refractivity contribution < 1.29 is 0 Å². The Bertz CT molecular complexity index is 689. The fourth-order valence-corrected chi connectivity index (χ4v) is 3.51. The van der Waals surface area contributed by atoms with Gasteiger partial charge in [0, 0.05) is 43.8 Å². The highest BCUT2D eigenvalue weighted by molar-refractivity contribution is 14.0. The van der Waals surface area contributed by atoms with Crippen LogP contribution in [0.15, 0.2) is 22.6 Å². The summed E-state index contributed by atoms with van der Waals surface area (Å²) in [6, 6.07) is 2.15. The summed E-state index contributed by atoms with van der Waals surface area (Å²) in [5, 5.41) is 10.1. The van der Waals surface area contributed by atoms with Gasteiger partial charge >= 0.3 is 0 Å². The Kier molecular flexibility index (Phi) is 8.92. The lowest BCUT2D eigenvalue weighted by Gasteiger charge is -2.22. The van der Waals surface area contributed by atoms with Crippen LogP contribution in [0.2, 0.25) is 0 Å². The van der Waals surface area contributed by atoms with Crippen molar-refractivity contribution >= 4 is 41.3 Å². The average molecular weight is 475 g/mol. The highest BCUT2D eigenvalue weighted by Crippen LogP contribution is 2.19. The number of guanidine groups is 1. The third kappa shape index (κ3) is 5.99. The molecule has 7 heteroatoms. The van der Waals surface area contributed by atoms with Gasteiger partial charge in [-0.25, -0.2) is 4.99 Å². The lowest BCUT2D eigenvalue weighted by Crippen LogP contribution is -2.38. The van der Waals surface area contributed by atoms with E-state index < -0.39 is 0 Å². The molecular formula is C18H30IN5S. The number of nitrogens with zero attached hydrogens (tertiary/aromatic N) is 4. The van der Waals surface area contributed by atoms with Crippen LogP contribution in [0.1, 0.15) is 48.4 Å². The summed E-state index contributed by atoms with van der Waals surface area (Å²) in [7, 11) is 4.06. The van der Waals surface area contributed by atoms with Crippen molar-refractivity contribution in [1.29, 1.82) is 0 Å². The molecule has 0 saturated heterocycles. The highest BCUT2D eigenvalue weighted by atomic mass is 127. The Morgan fingerprint density at radius 1 is 1.44 bits per heavy atom. The van der Waals surface area contributed by atoms with Crippen LogP contribution in [-0.4, -0.2) is 34.2 Å². The van der Waals surface area contributed by atoms with Crippen molar-refractivity contribution in [3.05, 3.63) is 39.3 Å². The van der Waals surface area contributed by atoms with Crippen molar-refractivity contribution in [1.82, 2.24) is 20.0 Å². The van der Waals surface area contributed by atoms with Gasteiger partial charge in [0.05, 0.1) is 12.2 Å². The molecule has 0 spiro atoms. The van der Waals surface area contributed by atoms with E-state index in [4.69, 9.17) is 4.99 Å². The molecule has 0 aliphatic carbocycles. The maximum Gasteiger partial charge on any atom is 0.194 e. The van der Waals surface area contributed by atoms with Gasteiger partial charge in [0.15, 0.2) is 5.96 Å². The molecule has 2 rings (SSSR count). The van der Waals surface area contributed by atoms with Gasteiger partial charge in [-0.05, 0) is 36.8 Å². The number of thiophene rings is 1. The Hall–Kier alpha value is -1.09. The molecule has 0 saturated carbocycles. The first kappa shape index (κ1) is 22.0. The Labute approximate surface area is 172 Å². The van der Waals surface area contributed by atoms with E-state index in [9.17, 15) is 0 Å². The predicted molar refractivity (Wildman–Crippen MR) is 118 cm³/mol. The molecule has 0 aliphatic rings.